The third-order valence-corrected chi connectivity index (χ3v) is 7.15. The average Bonchev–Trinajstić information content (AvgIpc) is 3.23. The number of nitrogens with one attached hydrogen (secondary N) is 1. The highest BCUT2D eigenvalue weighted by molar-refractivity contribution is 7.19. The predicted molar refractivity (Wildman–Crippen MR) is 109 cm³/mol. The lowest BCUT2D eigenvalue weighted by atomic mass is 9.92. The van der Waals surface area contributed by atoms with E-state index >= 15 is 0 Å². The van der Waals surface area contributed by atoms with Crippen LogP contribution in [-0.2, 0) is 11.2 Å². The zero-order chi connectivity index (χ0) is 19.7. The van der Waals surface area contributed by atoms with Crippen LogP contribution in [0, 0.1) is 0 Å². The van der Waals surface area contributed by atoms with Gasteiger partial charge in [-0.05, 0) is 63.0 Å². The fourth-order valence-electron chi connectivity index (χ4n) is 4.58. The van der Waals surface area contributed by atoms with E-state index in [2.05, 4.69) is 22.2 Å². The lowest BCUT2D eigenvalue weighted by molar-refractivity contribution is -0.126. The van der Waals surface area contributed by atoms with E-state index in [1.54, 1.807) is 17.7 Å². The molecule has 4 rings (SSSR count). The molecule has 2 heterocycles. The summed E-state index contributed by atoms with van der Waals surface area (Å²) in [5.74, 6) is 0.0668. The van der Waals surface area contributed by atoms with Crippen LogP contribution < -0.4 is 15.8 Å². The molecule has 1 saturated carbocycles. The van der Waals surface area contributed by atoms with Gasteiger partial charge in [0.05, 0.1) is 5.39 Å². The maximum atomic E-state index is 11.3. The number of nitrogens with two attached hydrogens (primary N) is 1. The minimum absolute atomic E-state index is 0.0871. The summed E-state index contributed by atoms with van der Waals surface area (Å²) in [5, 5.41) is 14.5. The van der Waals surface area contributed by atoms with Gasteiger partial charge in [-0.3, -0.25) is 4.79 Å². The maximum absolute atomic E-state index is 11.3. The van der Waals surface area contributed by atoms with E-state index in [-0.39, 0.29) is 12.0 Å². The minimum atomic E-state index is -1.12. The van der Waals surface area contributed by atoms with Crippen LogP contribution in [0.4, 0.5) is 0 Å². The number of hydrogen-bond donors (Lipinski definition) is 3. The van der Waals surface area contributed by atoms with Gasteiger partial charge in [0.15, 0.2) is 0 Å². The summed E-state index contributed by atoms with van der Waals surface area (Å²) in [6.45, 7) is 3.14. The van der Waals surface area contributed by atoms with Crippen LogP contribution in [0.25, 0.3) is 10.2 Å². The summed E-state index contributed by atoms with van der Waals surface area (Å²) in [7, 11) is 0. The molecule has 28 heavy (non-hydrogen) atoms. The molecule has 2 aromatic heterocycles. The van der Waals surface area contributed by atoms with Crippen LogP contribution in [0.15, 0.2) is 6.33 Å². The van der Waals surface area contributed by atoms with E-state index in [1.807, 2.05) is 0 Å². The molecule has 0 unspecified atom stereocenters. The topological polar surface area (TPSA) is 110 Å². The summed E-state index contributed by atoms with van der Waals surface area (Å²) in [6, 6.07) is 0.584. The highest BCUT2D eigenvalue weighted by atomic mass is 32.1. The molecule has 0 bridgehead atoms. The van der Waals surface area contributed by atoms with E-state index in [0.29, 0.717) is 18.3 Å². The highest BCUT2D eigenvalue weighted by Gasteiger charge is 2.33. The first-order chi connectivity index (χ1) is 13.6. The van der Waals surface area contributed by atoms with Crippen molar-refractivity contribution in [2.45, 2.75) is 76.0 Å². The van der Waals surface area contributed by atoms with Gasteiger partial charge in [0.1, 0.15) is 23.4 Å². The number of carbonyl (C=O) groups is 1. The number of rotatable bonds is 7. The van der Waals surface area contributed by atoms with Crippen molar-refractivity contribution in [3.63, 3.8) is 0 Å². The maximum Gasteiger partial charge on any atom is 0.246 e. The van der Waals surface area contributed by atoms with Crippen LogP contribution in [0.2, 0.25) is 0 Å². The van der Waals surface area contributed by atoms with Crippen LogP contribution in [0.1, 0.15) is 61.8 Å². The third kappa shape index (κ3) is 3.86. The number of ether oxygens (including phenoxy) is 1. The van der Waals surface area contributed by atoms with E-state index in [1.165, 1.54) is 4.88 Å². The van der Waals surface area contributed by atoms with Gasteiger partial charge in [-0.2, -0.15) is 0 Å². The summed E-state index contributed by atoms with van der Waals surface area (Å²) in [6.07, 6.45) is 7.05. The number of thiophene rings is 1. The number of nitrogens with zero attached hydrogens (tertiary/aromatic N) is 2. The van der Waals surface area contributed by atoms with Gasteiger partial charge in [0.2, 0.25) is 11.8 Å². The Morgan fingerprint density at radius 1 is 1.36 bits per heavy atom. The zero-order valence-electron chi connectivity index (χ0n) is 16.2. The van der Waals surface area contributed by atoms with Crippen molar-refractivity contribution in [2.75, 3.05) is 6.54 Å². The summed E-state index contributed by atoms with van der Waals surface area (Å²) >= 11 is 1.67. The van der Waals surface area contributed by atoms with Crippen LogP contribution in [0.5, 0.6) is 5.88 Å². The van der Waals surface area contributed by atoms with Gasteiger partial charge >= 0.3 is 0 Å². The molecule has 0 saturated heterocycles. The standard InChI is InChI=1S/C20H28N4O3S/c1-2-22-12-4-6-13(7-5-12)27-19-17-16-11(9-14(25)18(21)26)3-8-15(16)28-20(17)24-10-23-19/h10-14,22,25H,2-9H2,1H3,(H2,21,26)/t11-,12?,13?,14-/m1/s1. The second kappa shape index (κ2) is 8.31. The van der Waals surface area contributed by atoms with E-state index in [0.717, 1.165) is 60.8 Å². The first-order valence-corrected chi connectivity index (χ1v) is 11.0. The molecule has 2 aliphatic rings. The molecule has 8 heteroatoms. The van der Waals surface area contributed by atoms with Gasteiger partial charge in [-0.15, -0.1) is 11.3 Å². The first-order valence-electron chi connectivity index (χ1n) is 10.2. The number of amides is 1. The molecule has 4 N–H and O–H groups in total. The van der Waals surface area contributed by atoms with E-state index in [4.69, 9.17) is 10.5 Å². The Labute approximate surface area is 168 Å². The van der Waals surface area contributed by atoms with Crippen molar-refractivity contribution in [2.24, 2.45) is 5.73 Å². The van der Waals surface area contributed by atoms with E-state index < -0.39 is 12.0 Å². The van der Waals surface area contributed by atoms with Gasteiger partial charge in [0, 0.05) is 10.9 Å². The summed E-state index contributed by atoms with van der Waals surface area (Å²) in [5.41, 5.74) is 6.42. The number of aromatic nitrogens is 2. The first kappa shape index (κ1) is 19.5. The van der Waals surface area contributed by atoms with Crippen molar-refractivity contribution < 1.29 is 14.6 Å². The molecular formula is C20H28N4O3S. The monoisotopic (exact) mass is 404 g/mol. The van der Waals surface area contributed by atoms with Crippen molar-refractivity contribution in [3.05, 3.63) is 16.8 Å². The number of aliphatic hydroxyl groups excluding tert-OH is 1. The van der Waals surface area contributed by atoms with Crippen molar-refractivity contribution in [1.82, 2.24) is 15.3 Å². The molecule has 0 radical (unpaired) electrons. The number of primary amides is 1. The molecule has 7 nitrogen and oxygen atoms in total. The molecule has 2 aliphatic carbocycles. The lowest BCUT2D eigenvalue weighted by Crippen LogP contribution is -2.36. The van der Waals surface area contributed by atoms with Crippen LogP contribution >= 0.6 is 11.3 Å². The molecule has 1 fully saturated rings. The van der Waals surface area contributed by atoms with Crippen molar-refractivity contribution in [3.8, 4) is 5.88 Å². The SMILES string of the molecule is CCNC1CCC(Oc2ncnc3sc4c(c23)[C@@H](C[C@@H](O)C(N)=O)CC4)CC1. The van der Waals surface area contributed by atoms with Gasteiger partial charge in [-0.1, -0.05) is 6.92 Å². The average molecular weight is 405 g/mol. The van der Waals surface area contributed by atoms with Crippen LogP contribution in [0.3, 0.4) is 0 Å². The van der Waals surface area contributed by atoms with Gasteiger partial charge in [0.25, 0.3) is 0 Å². The molecule has 0 aliphatic heterocycles. The Kier molecular flexibility index (Phi) is 5.80. The third-order valence-electron chi connectivity index (χ3n) is 5.98. The Balaban J connectivity index is 1.56. The number of aliphatic hydroxyl groups is 1. The van der Waals surface area contributed by atoms with Crippen LogP contribution in [-0.4, -0.2) is 45.8 Å². The van der Waals surface area contributed by atoms with Gasteiger partial charge in [-0.25, -0.2) is 9.97 Å². The molecule has 2 atom stereocenters. The normalized spacial score (nSPS) is 25.6. The Bertz CT molecular complexity index is 847. The fraction of sp³-hybridized carbons (Fsp3) is 0.650. The Morgan fingerprint density at radius 3 is 2.86 bits per heavy atom. The minimum Gasteiger partial charge on any atom is -0.474 e. The van der Waals surface area contributed by atoms with Gasteiger partial charge < -0.3 is 20.9 Å². The predicted octanol–water partition coefficient (Wildman–Crippen LogP) is 2.26. The smallest absolute Gasteiger partial charge is 0.246 e. The molecule has 2 aromatic rings. The summed E-state index contributed by atoms with van der Waals surface area (Å²) < 4.78 is 6.35. The molecule has 0 spiro atoms. The lowest BCUT2D eigenvalue weighted by Gasteiger charge is -2.29. The number of carbonyl (C=O) groups excluding carboxylic acids is 1. The number of fused-ring (bicyclic) bond motifs is 3. The fourth-order valence-corrected chi connectivity index (χ4v) is 5.81. The zero-order valence-corrected chi connectivity index (χ0v) is 17.0. The Morgan fingerprint density at radius 2 is 2.14 bits per heavy atom. The van der Waals surface area contributed by atoms with Crippen molar-refractivity contribution in [1.29, 1.82) is 0 Å². The number of aryl methyl sites for hydroxylation is 1. The largest absolute Gasteiger partial charge is 0.474 e. The van der Waals surface area contributed by atoms with Crippen molar-refractivity contribution >= 4 is 27.5 Å². The second-order valence-electron chi connectivity index (χ2n) is 7.84. The second-order valence-corrected chi connectivity index (χ2v) is 8.92. The van der Waals surface area contributed by atoms with E-state index in [9.17, 15) is 9.90 Å². The molecule has 152 valence electrons. The quantitative estimate of drug-likeness (QED) is 0.653. The highest BCUT2D eigenvalue weighted by Crippen LogP contribution is 2.47. The molecule has 1 amide bonds. The summed E-state index contributed by atoms with van der Waals surface area (Å²) in [4.78, 5) is 22.4. The molecular weight excluding hydrogens is 376 g/mol. The Hall–Kier alpha value is -1.77. The molecule has 0 aromatic carbocycles. The number of hydrogen-bond acceptors (Lipinski definition) is 7.